The van der Waals surface area contributed by atoms with Gasteiger partial charge in [0.2, 0.25) is 11.8 Å². The van der Waals surface area contributed by atoms with Gasteiger partial charge >= 0.3 is 12.4 Å². The summed E-state index contributed by atoms with van der Waals surface area (Å²) in [4.78, 5) is 27.8. The summed E-state index contributed by atoms with van der Waals surface area (Å²) in [5.41, 5.74) is -4.56. The first kappa shape index (κ1) is 28.2. The second kappa shape index (κ2) is 10.5. The largest absolute Gasteiger partial charge is 0.416 e. The third-order valence-corrected chi connectivity index (χ3v) is 6.09. The summed E-state index contributed by atoms with van der Waals surface area (Å²) in [5.74, 6) is -2.07. The quantitative estimate of drug-likeness (QED) is 0.401. The first-order valence-corrected chi connectivity index (χ1v) is 11.1. The van der Waals surface area contributed by atoms with Crippen LogP contribution in [0.5, 0.6) is 0 Å². The minimum absolute atomic E-state index is 0.0370. The van der Waals surface area contributed by atoms with Crippen LogP contribution in [-0.2, 0) is 21.9 Å². The maximum absolute atomic E-state index is 13.5. The lowest BCUT2D eigenvalue weighted by atomic mass is 9.86. The minimum Gasteiger partial charge on any atom is -0.338 e. The van der Waals surface area contributed by atoms with Gasteiger partial charge in [-0.05, 0) is 74.3 Å². The van der Waals surface area contributed by atoms with Crippen LogP contribution in [0.1, 0.15) is 35.1 Å². The van der Waals surface area contributed by atoms with Gasteiger partial charge in [0.1, 0.15) is 11.4 Å². The highest BCUT2D eigenvalue weighted by Crippen LogP contribution is 2.38. The van der Waals surface area contributed by atoms with E-state index in [1.54, 1.807) is 14.0 Å². The van der Waals surface area contributed by atoms with Gasteiger partial charge in [-0.25, -0.2) is 4.39 Å². The number of alkyl halides is 6. The topological polar surface area (TPSA) is 61.4 Å². The fourth-order valence-electron chi connectivity index (χ4n) is 3.91. The van der Waals surface area contributed by atoms with Crippen LogP contribution >= 0.6 is 0 Å². The number of rotatable bonds is 5. The van der Waals surface area contributed by atoms with Crippen LogP contribution in [0.4, 0.5) is 36.4 Å². The van der Waals surface area contributed by atoms with E-state index < -0.39 is 52.3 Å². The number of halogens is 7. The van der Waals surface area contributed by atoms with Crippen molar-refractivity contribution < 1.29 is 40.3 Å². The van der Waals surface area contributed by atoms with E-state index in [2.05, 4.69) is 10.6 Å². The van der Waals surface area contributed by atoms with E-state index in [1.807, 2.05) is 4.90 Å². The van der Waals surface area contributed by atoms with Crippen molar-refractivity contribution in [3.8, 4) is 0 Å². The van der Waals surface area contributed by atoms with Crippen LogP contribution in [0.25, 0.3) is 6.08 Å². The van der Waals surface area contributed by atoms with Crippen molar-refractivity contribution in [2.75, 3.05) is 25.5 Å². The predicted octanol–water partition coefficient (Wildman–Crippen LogP) is 5.40. The average molecular weight is 531 g/mol. The summed E-state index contributed by atoms with van der Waals surface area (Å²) in [6.45, 7) is 2.22. The molecule has 0 spiro atoms. The van der Waals surface area contributed by atoms with Crippen LogP contribution in [-0.4, -0.2) is 42.4 Å². The molecule has 1 aliphatic rings. The summed E-state index contributed by atoms with van der Waals surface area (Å²) < 4.78 is 92.8. The highest BCUT2D eigenvalue weighted by Gasteiger charge is 2.43. The summed E-state index contributed by atoms with van der Waals surface area (Å²) in [5, 5.41) is 4.72. The number of carbonyl (C=O) groups is 2. The molecule has 0 unspecified atom stereocenters. The second-order valence-electron chi connectivity index (χ2n) is 8.97. The van der Waals surface area contributed by atoms with Crippen LogP contribution in [0.15, 0.2) is 42.5 Å². The fourth-order valence-corrected chi connectivity index (χ4v) is 3.91. The Bertz CT molecular complexity index is 1170. The zero-order valence-corrected chi connectivity index (χ0v) is 19.9. The van der Waals surface area contributed by atoms with Gasteiger partial charge in [-0.3, -0.25) is 9.59 Å². The molecule has 3 rings (SSSR count). The molecule has 0 aromatic heterocycles. The number of hydrogen-bond acceptors (Lipinski definition) is 3. The van der Waals surface area contributed by atoms with Gasteiger partial charge in [0.15, 0.2) is 0 Å². The molecule has 2 N–H and O–H groups in total. The Balaban J connectivity index is 1.87. The van der Waals surface area contributed by atoms with E-state index in [1.165, 1.54) is 24.3 Å². The molecule has 12 heteroatoms. The Kier molecular flexibility index (Phi) is 8.01. The van der Waals surface area contributed by atoms with Crippen LogP contribution in [0.2, 0.25) is 0 Å². The number of likely N-dealkylation sites (tertiary alicyclic amines) is 1. The fraction of sp³-hybridized carbons (Fsp3) is 0.360. The van der Waals surface area contributed by atoms with Gasteiger partial charge in [-0.15, -0.1) is 0 Å². The molecule has 1 heterocycles. The molecule has 0 radical (unpaired) electrons. The number of benzene rings is 2. The number of nitrogens with zero attached hydrogens (tertiary/aromatic N) is 1. The van der Waals surface area contributed by atoms with Gasteiger partial charge in [0.05, 0.1) is 11.1 Å². The zero-order valence-electron chi connectivity index (χ0n) is 19.9. The first-order chi connectivity index (χ1) is 17.1. The Morgan fingerprint density at radius 2 is 1.51 bits per heavy atom. The van der Waals surface area contributed by atoms with Crippen molar-refractivity contribution in [1.29, 1.82) is 0 Å². The second-order valence-corrected chi connectivity index (χ2v) is 8.97. The molecule has 0 saturated carbocycles. The Morgan fingerprint density at radius 1 is 0.946 bits per heavy atom. The Morgan fingerprint density at radius 3 is 2.03 bits per heavy atom. The van der Waals surface area contributed by atoms with Crippen molar-refractivity contribution in [1.82, 2.24) is 10.2 Å². The van der Waals surface area contributed by atoms with Crippen LogP contribution < -0.4 is 10.6 Å². The summed E-state index contributed by atoms with van der Waals surface area (Å²) in [7, 11) is 1.77. The van der Waals surface area contributed by atoms with Gasteiger partial charge in [-0.1, -0.05) is 6.07 Å². The zero-order chi connectivity index (χ0) is 27.6. The monoisotopic (exact) mass is 531 g/mol. The summed E-state index contributed by atoms with van der Waals surface area (Å²) in [6.07, 6.45) is -7.52. The lowest BCUT2D eigenvalue weighted by Crippen LogP contribution is -2.61. The Labute approximate surface area is 208 Å². The molecule has 2 aromatic carbocycles. The van der Waals surface area contributed by atoms with Gasteiger partial charge < -0.3 is 15.5 Å². The molecule has 1 saturated heterocycles. The number of piperidine rings is 1. The number of hydrogen-bond donors (Lipinski definition) is 2. The van der Waals surface area contributed by atoms with E-state index in [4.69, 9.17) is 0 Å². The molecule has 2 aromatic rings. The van der Waals surface area contributed by atoms with Crippen molar-refractivity contribution >= 4 is 23.6 Å². The van der Waals surface area contributed by atoms with E-state index >= 15 is 0 Å². The standard InChI is InChI=1S/C25H24F7N3O2/c1-15-11-16(3-5-20(15)26)4-6-21(36)34-23(7-9-35(2)10-8-23)22(37)33-19-13-17(24(27,28)29)12-18(14-19)25(30,31)32/h3-6,11-14H,7-10H2,1-2H3,(H,33,37)(H,34,36). The van der Waals surface area contributed by atoms with Gasteiger partial charge in [-0.2, -0.15) is 26.3 Å². The number of anilines is 1. The lowest BCUT2D eigenvalue weighted by Gasteiger charge is -2.39. The lowest BCUT2D eigenvalue weighted by molar-refractivity contribution is -0.143. The molecule has 0 bridgehead atoms. The molecule has 0 aliphatic carbocycles. The van der Waals surface area contributed by atoms with E-state index in [9.17, 15) is 40.3 Å². The molecular weight excluding hydrogens is 507 g/mol. The number of aryl methyl sites for hydroxylation is 1. The Hall–Kier alpha value is -3.41. The molecule has 1 fully saturated rings. The molecule has 0 atom stereocenters. The third kappa shape index (κ3) is 7.09. The van der Waals surface area contributed by atoms with Gasteiger partial charge in [0, 0.05) is 24.9 Å². The first-order valence-electron chi connectivity index (χ1n) is 11.1. The molecule has 37 heavy (non-hydrogen) atoms. The number of carbonyl (C=O) groups excluding carboxylic acids is 2. The average Bonchev–Trinajstić information content (AvgIpc) is 2.80. The highest BCUT2D eigenvalue weighted by atomic mass is 19.4. The third-order valence-electron chi connectivity index (χ3n) is 6.09. The molecule has 1 aliphatic heterocycles. The molecule has 2 amide bonds. The molecule has 200 valence electrons. The maximum Gasteiger partial charge on any atom is 0.416 e. The van der Waals surface area contributed by atoms with Crippen LogP contribution in [0.3, 0.4) is 0 Å². The van der Waals surface area contributed by atoms with Gasteiger partial charge in [0.25, 0.3) is 0 Å². The summed E-state index contributed by atoms with van der Waals surface area (Å²) in [6, 6.07) is 4.95. The van der Waals surface area contributed by atoms with Crippen molar-refractivity contribution in [3.05, 3.63) is 70.5 Å². The normalized spacial score (nSPS) is 16.6. The van der Waals surface area contributed by atoms with Crippen LogP contribution in [0, 0.1) is 12.7 Å². The smallest absolute Gasteiger partial charge is 0.338 e. The van der Waals surface area contributed by atoms with E-state index in [-0.39, 0.29) is 18.9 Å². The molecular formula is C25H24F7N3O2. The van der Waals surface area contributed by atoms with Crippen molar-refractivity contribution in [2.24, 2.45) is 0 Å². The van der Waals surface area contributed by atoms with Crippen molar-refractivity contribution in [3.63, 3.8) is 0 Å². The number of amides is 2. The van der Waals surface area contributed by atoms with Crippen molar-refractivity contribution in [2.45, 2.75) is 37.7 Å². The van der Waals surface area contributed by atoms with E-state index in [0.717, 1.165) is 6.08 Å². The minimum atomic E-state index is -5.08. The number of nitrogens with one attached hydrogen (secondary N) is 2. The predicted molar refractivity (Wildman–Crippen MR) is 123 cm³/mol. The molecule has 5 nitrogen and oxygen atoms in total. The SMILES string of the molecule is Cc1cc(C=CC(=O)NC2(C(=O)Nc3cc(C(F)(F)F)cc(C(F)(F)F)c3)CCN(C)CC2)ccc1F. The summed E-state index contributed by atoms with van der Waals surface area (Å²) >= 11 is 0. The highest BCUT2D eigenvalue weighted by molar-refractivity contribution is 6.03. The maximum atomic E-state index is 13.5. The van der Waals surface area contributed by atoms with E-state index in [0.29, 0.717) is 36.3 Å².